The summed E-state index contributed by atoms with van der Waals surface area (Å²) in [6.45, 7) is 0. The first kappa shape index (κ1) is 8.87. The third-order valence-electron chi connectivity index (χ3n) is 1.06. The van der Waals surface area contributed by atoms with E-state index in [0.29, 0.717) is 6.07 Å². The maximum Gasteiger partial charge on any atom is 0.195 e. The standard InChI is InChI=1S/C6HBrClF3/c7-4-2(8)1-3(9)5(10)6(4)11/h1H. The van der Waals surface area contributed by atoms with Gasteiger partial charge in [-0.05, 0) is 22.0 Å². The van der Waals surface area contributed by atoms with Crippen LogP contribution in [0.5, 0.6) is 0 Å². The SMILES string of the molecule is Fc1cc(Cl)c(Br)c(F)c1F. The average molecular weight is 245 g/mol. The van der Waals surface area contributed by atoms with E-state index < -0.39 is 17.5 Å². The molecule has 0 aliphatic heterocycles. The highest BCUT2D eigenvalue weighted by Crippen LogP contribution is 2.28. The Hall–Kier alpha value is -0.220. The smallest absolute Gasteiger partial charge is 0.195 e. The first-order valence-electron chi connectivity index (χ1n) is 2.52. The highest BCUT2D eigenvalue weighted by molar-refractivity contribution is 9.10. The molecule has 1 aromatic carbocycles. The number of benzene rings is 1. The number of hydrogen-bond acceptors (Lipinski definition) is 0. The van der Waals surface area contributed by atoms with E-state index in [-0.39, 0.29) is 9.50 Å². The Morgan fingerprint density at radius 3 is 2.27 bits per heavy atom. The number of hydrogen-bond donors (Lipinski definition) is 0. The average Bonchev–Trinajstić information content (AvgIpc) is 1.97. The third-order valence-corrected chi connectivity index (χ3v) is 2.36. The zero-order valence-electron chi connectivity index (χ0n) is 4.97. The molecule has 0 N–H and O–H groups in total. The minimum Gasteiger partial charge on any atom is -0.204 e. The fourth-order valence-corrected chi connectivity index (χ4v) is 1.01. The van der Waals surface area contributed by atoms with Crippen molar-refractivity contribution in [1.82, 2.24) is 0 Å². The molecule has 0 fully saturated rings. The molecule has 0 aliphatic rings. The third kappa shape index (κ3) is 1.51. The van der Waals surface area contributed by atoms with Crippen LogP contribution < -0.4 is 0 Å². The summed E-state index contributed by atoms with van der Waals surface area (Å²) in [5.41, 5.74) is 0. The molecule has 0 radical (unpaired) electrons. The first-order valence-corrected chi connectivity index (χ1v) is 3.69. The van der Waals surface area contributed by atoms with Crippen molar-refractivity contribution in [2.24, 2.45) is 0 Å². The Bertz CT molecular complexity index is 274. The summed E-state index contributed by atoms with van der Waals surface area (Å²) in [7, 11) is 0. The summed E-state index contributed by atoms with van der Waals surface area (Å²) >= 11 is 7.95. The van der Waals surface area contributed by atoms with Gasteiger partial charge >= 0.3 is 0 Å². The zero-order valence-corrected chi connectivity index (χ0v) is 7.31. The van der Waals surface area contributed by atoms with E-state index in [1.807, 2.05) is 0 Å². The second-order valence-electron chi connectivity index (χ2n) is 1.78. The normalized spacial score (nSPS) is 10.3. The van der Waals surface area contributed by atoms with Crippen LogP contribution in [0, 0.1) is 17.5 Å². The fraction of sp³-hybridized carbons (Fsp3) is 0. The Labute approximate surface area is 74.1 Å². The summed E-state index contributed by atoms with van der Waals surface area (Å²) < 4.78 is 36.9. The molecule has 1 rings (SSSR count). The van der Waals surface area contributed by atoms with Gasteiger partial charge in [-0.25, -0.2) is 13.2 Å². The van der Waals surface area contributed by atoms with Crippen molar-refractivity contribution >= 4 is 27.5 Å². The number of rotatable bonds is 0. The van der Waals surface area contributed by atoms with E-state index in [0.717, 1.165) is 0 Å². The van der Waals surface area contributed by atoms with Crippen molar-refractivity contribution in [3.8, 4) is 0 Å². The molecule has 1 aromatic rings. The second kappa shape index (κ2) is 3.03. The molecule has 0 unspecified atom stereocenters. The minimum absolute atomic E-state index is 0.193. The van der Waals surface area contributed by atoms with Crippen LogP contribution >= 0.6 is 27.5 Å². The van der Waals surface area contributed by atoms with Gasteiger partial charge in [0, 0.05) is 0 Å². The van der Waals surface area contributed by atoms with Crippen LogP contribution in [0.2, 0.25) is 5.02 Å². The topological polar surface area (TPSA) is 0 Å². The molecule has 0 aliphatic carbocycles. The monoisotopic (exact) mass is 244 g/mol. The Morgan fingerprint density at radius 2 is 1.73 bits per heavy atom. The van der Waals surface area contributed by atoms with Crippen LogP contribution in [0.4, 0.5) is 13.2 Å². The van der Waals surface area contributed by atoms with Gasteiger partial charge in [0.25, 0.3) is 0 Å². The lowest BCUT2D eigenvalue weighted by Crippen LogP contribution is -1.91. The highest BCUT2D eigenvalue weighted by atomic mass is 79.9. The predicted molar refractivity (Wildman–Crippen MR) is 39.0 cm³/mol. The maximum atomic E-state index is 12.5. The van der Waals surface area contributed by atoms with Crippen LogP contribution in [0.3, 0.4) is 0 Å². The van der Waals surface area contributed by atoms with Crippen molar-refractivity contribution in [3.63, 3.8) is 0 Å². The second-order valence-corrected chi connectivity index (χ2v) is 2.98. The first-order chi connectivity index (χ1) is 5.04. The van der Waals surface area contributed by atoms with Gasteiger partial charge in [-0.3, -0.25) is 0 Å². The van der Waals surface area contributed by atoms with E-state index in [1.165, 1.54) is 0 Å². The van der Waals surface area contributed by atoms with E-state index in [1.54, 1.807) is 0 Å². The Balaban J connectivity index is 3.46. The molecule has 60 valence electrons. The summed E-state index contributed by atoms with van der Waals surface area (Å²) in [5.74, 6) is -4.13. The summed E-state index contributed by atoms with van der Waals surface area (Å²) in [4.78, 5) is 0. The predicted octanol–water partition coefficient (Wildman–Crippen LogP) is 3.52. The van der Waals surface area contributed by atoms with Gasteiger partial charge in [0.1, 0.15) is 0 Å². The Morgan fingerprint density at radius 1 is 1.18 bits per heavy atom. The number of halogens is 5. The van der Waals surface area contributed by atoms with E-state index in [2.05, 4.69) is 15.9 Å². The van der Waals surface area contributed by atoms with Crippen LogP contribution in [-0.2, 0) is 0 Å². The molecule has 0 bridgehead atoms. The maximum absolute atomic E-state index is 12.5. The van der Waals surface area contributed by atoms with Crippen LogP contribution in [-0.4, -0.2) is 0 Å². The van der Waals surface area contributed by atoms with Gasteiger partial charge < -0.3 is 0 Å². The van der Waals surface area contributed by atoms with Crippen molar-refractivity contribution < 1.29 is 13.2 Å². The van der Waals surface area contributed by atoms with Crippen molar-refractivity contribution in [2.45, 2.75) is 0 Å². The largest absolute Gasteiger partial charge is 0.204 e. The van der Waals surface area contributed by atoms with E-state index in [9.17, 15) is 13.2 Å². The summed E-state index contributed by atoms with van der Waals surface area (Å²) in [6.07, 6.45) is 0. The van der Waals surface area contributed by atoms with Crippen molar-refractivity contribution in [1.29, 1.82) is 0 Å². The van der Waals surface area contributed by atoms with Crippen molar-refractivity contribution in [2.75, 3.05) is 0 Å². The lowest BCUT2D eigenvalue weighted by molar-refractivity contribution is 0.444. The van der Waals surface area contributed by atoms with E-state index in [4.69, 9.17) is 11.6 Å². The summed E-state index contributed by atoms with van der Waals surface area (Å²) in [5, 5.41) is -0.193. The fourth-order valence-electron chi connectivity index (χ4n) is 0.544. The lowest BCUT2D eigenvalue weighted by Gasteiger charge is -1.99. The molecule has 0 amide bonds. The molecular weight excluding hydrogens is 244 g/mol. The van der Waals surface area contributed by atoms with E-state index >= 15 is 0 Å². The molecule has 0 heterocycles. The molecular formula is C6HBrClF3. The van der Waals surface area contributed by atoms with Gasteiger partial charge in [0.2, 0.25) is 0 Å². The quantitative estimate of drug-likeness (QED) is 0.484. The highest BCUT2D eigenvalue weighted by Gasteiger charge is 2.15. The van der Waals surface area contributed by atoms with Crippen LogP contribution in [0.25, 0.3) is 0 Å². The van der Waals surface area contributed by atoms with Gasteiger partial charge in [0.15, 0.2) is 17.5 Å². The molecule has 0 nitrogen and oxygen atoms in total. The van der Waals surface area contributed by atoms with Crippen LogP contribution in [0.1, 0.15) is 0 Å². The minimum atomic E-state index is -1.53. The molecule has 0 saturated heterocycles. The van der Waals surface area contributed by atoms with Crippen LogP contribution in [0.15, 0.2) is 10.5 Å². The molecule has 0 atom stereocenters. The Kier molecular flexibility index (Phi) is 2.44. The van der Waals surface area contributed by atoms with Crippen molar-refractivity contribution in [3.05, 3.63) is 33.0 Å². The lowest BCUT2D eigenvalue weighted by atomic mass is 10.3. The van der Waals surface area contributed by atoms with Gasteiger partial charge in [-0.1, -0.05) is 11.6 Å². The molecule has 11 heavy (non-hydrogen) atoms. The zero-order chi connectivity index (χ0) is 8.59. The molecule has 0 aromatic heterocycles. The van der Waals surface area contributed by atoms with Gasteiger partial charge in [-0.15, -0.1) is 0 Å². The molecule has 0 spiro atoms. The van der Waals surface area contributed by atoms with Gasteiger partial charge in [-0.2, -0.15) is 0 Å². The molecule has 0 saturated carbocycles. The van der Waals surface area contributed by atoms with Gasteiger partial charge in [0.05, 0.1) is 9.50 Å². The summed E-state index contributed by atoms with van der Waals surface area (Å²) in [6, 6.07) is 0.698. The molecule has 5 heteroatoms.